The zero-order chi connectivity index (χ0) is 24.5. The van der Waals surface area contributed by atoms with E-state index in [1.165, 1.54) is 86.6 Å². The number of aromatic nitrogens is 2. The van der Waals surface area contributed by atoms with Crippen LogP contribution in [0, 0.1) is 0 Å². The number of aryl methyl sites for hydroxylation is 1. The smallest absolute Gasteiger partial charge is 0.225 e. The summed E-state index contributed by atoms with van der Waals surface area (Å²) in [5.74, 6) is 1.93. The molecule has 35 heavy (non-hydrogen) atoms. The summed E-state index contributed by atoms with van der Waals surface area (Å²) >= 11 is 0. The second-order valence-electron chi connectivity index (χ2n) is 10.6. The van der Waals surface area contributed by atoms with Crippen LogP contribution in [0.4, 0.5) is 11.8 Å². The molecule has 1 saturated carbocycles. The lowest BCUT2D eigenvalue weighted by molar-refractivity contribution is 0.360. The van der Waals surface area contributed by atoms with Crippen molar-refractivity contribution in [3.05, 3.63) is 52.7 Å². The number of anilines is 2. The van der Waals surface area contributed by atoms with Crippen LogP contribution in [-0.4, -0.2) is 42.7 Å². The molecule has 190 valence electrons. The molecule has 4 rings (SSSR count). The fourth-order valence-electron chi connectivity index (χ4n) is 5.51. The predicted molar refractivity (Wildman–Crippen MR) is 149 cm³/mol. The van der Waals surface area contributed by atoms with Crippen LogP contribution < -0.4 is 15.5 Å². The SMILES string of the molecule is CCCCC/C(=C\c1ccccc1)CNC1CCC(Nc2nc3c(c(N(C)C)n2)CCCC3)CC1. The first-order valence-corrected chi connectivity index (χ1v) is 13.9. The van der Waals surface area contributed by atoms with Gasteiger partial charge in [0.15, 0.2) is 0 Å². The number of fused-ring (bicyclic) bond motifs is 1. The fourth-order valence-corrected chi connectivity index (χ4v) is 5.51. The summed E-state index contributed by atoms with van der Waals surface area (Å²) in [6, 6.07) is 11.8. The third-order valence-corrected chi connectivity index (χ3v) is 7.53. The number of unbranched alkanes of at least 4 members (excludes halogenated alkanes) is 2. The van der Waals surface area contributed by atoms with Gasteiger partial charge in [-0.3, -0.25) is 0 Å². The maximum absolute atomic E-state index is 4.93. The van der Waals surface area contributed by atoms with Crippen LogP contribution in [0.15, 0.2) is 35.9 Å². The molecule has 0 radical (unpaired) electrons. The molecule has 1 aromatic heterocycles. The van der Waals surface area contributed by atoms with Crippen molar-refractivity contribution in [1.82, 2.24) is 15.3 Å². The van der Waals surface area contributed by atoms with Gasteiger partial charge in [-0.1, -0.05) is 61.7 Å². The van der Waals surface area contributed by atoms with E-state index < -0.39 is 0 Å². The summed E-state index contributed by atoms with van der Waals surface area (Å²) in [5.41, 5.74) is 5.46. The molecule has 5 nitrogen and oxygen atoms in total. The Morgan fingerprint density at radius 3 is 2.46 bits per heavy atom. The van der Waals surface area contributed by atoms with Gasteiger partial charge in [0.2, 0.25) is 5.95 Å². The van der Waals surface area contributed by atoms with Gasteiger partial charge >= 0.3 is 0 Å². The monoisotopic (exact) mass is 475 g/mol. The zero-order valence-corrected chi connectivity index (χ0v) is 22.2. The van der Waals surface area contributed by atoms with Gasteiger partial charge in [0.1, 0.15) is 5.82 Å². The third kappa shape index (κ3) is 7.54. The lowest BCUT2D eigenvalue weighted by Crippen LogP contribution is -2.38. The van der Waals surface area contributed by atoms with E-state index in [0.717, 1.165) is 31.2 Å². The van der Waals surface area contributed by atoms with Gasteiger partial charge < -0.3 is 15.5 Å². The fraction of sp³-hybridized carbons (Fsp3) is 0.600. The maximum Gasteiger partial charge on any atom is 0.225 e. The first kappa shape index (κ1) is 25.7. The minimum Gasteiger partial charge on any atom is -0.362 e. The molecule has 0 atom stereocenters. The number of nitrogens with one attached hydrogen (secondary N) is 2. The van der Waals surface area contributed by atoms with E-state index >= 15 is 0 Å². The van der Waals surface area contributed by atoms with E-state index in [9.17, 15) is 0 Å². The Hall–Kier alpha value is -2.40. The second-order valence-corrected chi connectivity index (χ2v) is 10.6. The van der Waals surface area contributed by atoms with E-state index in [0.29, 0.717) is 12.1 Å². The van der Waals surface area contributed by atoms with Crippen molar-refractivity contribution in [2.45, 2.75) is 96.1 Å². The van der Waals surface area contributed by atoms with Crippen LogP contribution in [0.1, 0.15) is 88.0 Å². The van der Waals surface area contributed by atoms with Crippen molar-refractivity contribution < 1.29 is 0 Å². The number of hydrogen-bond donors (Lipinski definition) is 2. The standard InChI is InChI=1S/C30H45N5/c1-4-5-7-14-24(21-23-12-8-6-9-13-23)22-31-25-17-19-26(20-18-25)32-30-33-28-16-11-10-15-27(28)29(34-30)35(2)3/h6,8-9,12-13,21,25-26,31H,4-5,7,10-11,14-20,22H2,1-3H3,(H,32,33,34)/b24-21+. The van der Waals surface area contributed by atoms with Crippen molar-refractivity contribution in [1.29, 1.82) is 0 Å². The van der Waals surface area contributed by atoms with Crippen molar-refractivity contribution >= 4 is 17.8 Å². The quantitative estimate of drug-likeness (QED) is 0.368. The van der Waals surface area contributed by atoms with Gasteiger partial charge in [0.25, 0.3) is 0 Å². The van der Waals surface area contributed by atoms with Crippen molar-refractivity contribution in [2.75, 3.05) is 30.9 Å². The summed E-state index contributed by atoms with van der Waals surface area (Å²) in [7, 11) is 4.20. The average molecular weight is 476 g/mol. The van der Waals surface area contributed by atoms with Gasteiger partial charge in [-0.2, -0.15) is 4.98 Å². The average Bonchev–Trinajstić information content (AvgIpc) is 2.88. The van der Waals surface area contributed by atoms with E-state index in [1.54, 1.807) is 0 Å². The molecule has 0 aliphatic heterocycles. The zero-order valence-electron chi connectivity index (χ0n) is 22.2. The van der Waals surface area contributed by atoms with Crippen LogP contribution in [0.3, 0.4) is 0 Å². The number of nitrogens with zero attached hydrogens (tertiary/aromatic N) is 3. The van der Waals surface area contributed by atoms with E-state index in [-0.39, 0.29) is 0 Å². The predicted octanol–water partition coefficient (Wildman–Crippen LogP) is 6.40. The Kier molecular flexibility index (Phi) is 9.58. The molecule has 2 aromatic rings. The number of hydrogen-bond acceptors (Lipinski definition) is 5. The Balaban J connectivity index is 1.30. The molecule has 0 amide bonds. The molecule has 5 heteroatoms. The molecule has 0 unspecified atom stereocenters. The molecule has 0 bridgehead atoms. The Labute approximate surface area is 212 Å². The van der Waals surface area contributed by atoms with Crippen molar-refractivity contribution in [3.63, 3.8) is 0 Å². The van der Waals surface area contributed by atoms with Gasteiger partial charge in [0, 0.05) is 38.3 Å². The number of rotatable bonds is 11. The summed E-state index contributed by atoms with van der Waals surface area (Å²) in [6.07, 6.45) is 16.9. The van der Waals surface area contributed by atoms with Crippen LogP contribution in [-0.2, 0) is 12.8 Å². The molecule has 1 fully saturated rings. The topological polar surface area (TPSA) is 53.1 Å². The van der Waals surface area contributed by atoms with Gasteiger partial charge in [0.05, 0.1) is 5.69 Å². The molecule has 0 saturated heterocycles. The van der Waals surface area contributed by atoms with Crippen molar-refractivity contribution in [2.24, 2.45) is 0 Å². The lowest BCUT2D eigenvalue weighted by Gasteiger charge is -2.31. The summed E-state index contributed by atoms with van der Waals surface area (Å²) in [5, 5.41) is 7.57. The van der Waals surface area contributed by atoms with Crippen LogP contribution in [0.25, 0.3) is 6.08 Å². The molecular formula is C30H45N5. The van der Waals surface area contributed by atoms with Crippen LogP contribution >= 0.6 is 0 Å². The first-order chi connectivity index (χ1) is 17.1. The van der Waals surface area contributed by atoms with Crippen molar-refractivity contribution in [3.8, 4) is 0 Å². The Morgan fingerprint density at radius 1 is 0.971 bits per heavy atom. The molecule has 2 aliphatic carbocycles. The van der Waals surface area contributed by atoms with Gasteiger partial charge in [-0.05, 0) is 69.8 Å². The maximum atomic E-state index is 4.93. The molecule has 2 aliphatic rings. The third-order valence-electron chi connectivity index (χ3n) is 7.53. The summed E-state index contributed by atoms with van der Waals surface area (Å²) in [6.45, 7) is 3.28. The minimum absolute atomic E-state index is 0.466. The van der Waals surface area contributed by atoms with Gasteiger partial charge in [-0.25, -0.2) is 4.98 Å². The van der Waals surface area contributed by atoms with Crippen LogP contribution in [0.5, 0.6) is 0 Å². The molecule has 0 spiro atoms. The minimum atomic E-state index is 0.466. The second kappa shape index (κ2) is 13.1. The Bertz CT molecular complexity index is 945. The first-order valence-electron chi connectivity index (χ1n) is 13.9. The molecule has 2 N–H and O–H groups in total. The summed E-state index contributed by atoms with van der Waals surface area (Å²) in [4.78, 5) is 12.0. The van der Waals surface area contributed by atoms with E-state index in [2.05, 4.69) is 73.0 Å². The number of benzene rings is 1. The normalized spacial score (nSPS) is 20.4. The molecule has 1 aromatic carbocycles. The van der Waals surface area contributed by atoms with Crippen LogP contribution in [0.2, 0.25) is 0 Å². The Morgan fingerprint density at radius 2 is 1.71 bits per heavy atom. The highest BCUT2D eigenvalue weighted by Gasteiger charge is 2.24. The lowest BCUT2D eigenvalue weighted by atomic mass is 9.91. The highest BCUT2D eigenvalue weighted by atomic mass is 15.2. The molecular weight excluding hydrogens is 430 g/mol. The van der Waals surface area contributed by atoms with E-state index in [4.69, 9.17) is 9.97 Å². The summed E-state index contributed by atoms with van der Waals surface area (Å²) < 4.78 is 0. The largest absolute Gasteiger partial charge is 0.362 e. The molecule has 1 heterocycles. The highest BCUT2D eigenvalue weighted by molar-refractivity contribution is 5.53. The highest BCUT2D eigenvalue weighted by Crippen LogP contribution is 2.29. The van der Waals surface area contributed by atoms with Gasteiger partial charge in [-0.15, -0.1) is 0 Å². The van der Waals surface area contributed by atoms with E-state index in [1.807, 2.05) is 0 Å².